The van der Waals surface area contributed by atoms with Crippen molar-refractivity contribution in [2.75, 3.05) is 5.32 Å². The van der Waals surface area contributed by atoms with Crippen molar-refractivity contribution < 1.29 is 14.1 Å². The maximum absolute atomic E-state index is 13.7. The first-order chi connectivity index (χ1) is 14.5. The van der Waals surface area contributed by atoms with Gasteiger partial charge in [0.15, 0.2) is 5.13 Å². The summed E-state index contributed by atoms with van der Waals surface area (Å²) in [5.74, 6) is -0.0641. The second-order valence-electron chi connectivity index (χ2n) is 6.14. The summed E-state index contributed by atoms with van der Waals surface area (Å²) >= 11 is 4.00. The minimum atomic E-state index is -0.471. The van der Waals surface area contributed by atoms with Crippen molar-refractivity contribution in [2.24, 2.45) is 0 Å². The third kappa shape index (κ3) is 4.81. The van der Waals surface area contributed by atoms with Gasteiger partial charge in [-0.05, 0) is 17.7 Å². The van der Waals surface area contributed by atoms with Crippen LogP contribution >= 0.6 is 34.4 Å². The number of nitrogens with one attached hydrogen (secondary N) is 1. The lowest BCUT2D eigenvalue weighted by molar-refractivity contribution is -0.384. The first-order valence-corrected chi connectivity index (χ1v) is 11.3. The van der Waals surface area contributed by atoms with Gasteiger partial charge in [-0.1, -0.05) is 41.3 Å². The summed E-state index contributed by atoms with van der Waals surface area (Å²) in [4.78, 5) is 31.4. The summed E-state index contributed by atoms with van der Waals surface area (Å²) in [5, 5.41) is 15.8. The van der Waals surface area contributed by atoms with Gasteiger partial charge in [0.1, 0.15) is 10.2 Å². The van der Waals surface area contributed by atoms with Crippen molar-refractivity contribution in [3.05, 3.63) is 75.0 Å². The molecule has 0 fully saturated rings. The predicted molar refractivity (Wildman–Crippen MR) is 117 cm³/mol. The number of carbonyl (C=O) groups excluding carboxylic acids is 1. The van der Waals surface area contributed by atoms with Crippen LogP contribution in [0.2, 0.25) is 0 Å². The highest BCUT2D eigenvalue weighted by atomic mass is 32.2. The molecule has 0 saturated heterocycles. The molecule has 0 aliphatic heterocycles. The molecule has 0 aliphatic carbocycles. The molecule has 2 aromatic heterocycles. The maximum atomic E-state index is 13.7. The molecule has 0 radical (unpaired) electrons. The highest BCUT2D eigenvalue weighted by molar-refractivity contribution is 8.00. The first kappa shape index (κ1) is 20.4. The van der Waals surface area contributed by atoms with Crippen LogP contribution in [-0.4, -0.2) is 20.8 Å². The van der Waals surface area contributed by atoms with Gasteiger partial charge < -0.3 is 5.32 Å². The number of non-ortho nitro benzene ring substituents is 1. The lowest BCUT2D eigenvalue weighted by Gasteiger charge is -2.00. The second-order valence-corrected chi connectivity index (χ2v) is 9.25. The molecule has 0 atom stereocenters. The summed E-state index contributed by atoms with van der Waals surface area (Å²) in [7, 11) is 0. The quantitative estimate of drug-likeness (QED) is 0.229. The molecular formula is C19H13FN4O3S3. The average Bonchev–Trinajstić information content (AvgIpc) is 3.32. The number of aromatic nitrogens is 2. The van der Waals surface area contributed by atoms with Gasteiger partial charge in [-0.15, -0.1) is 11.3 Å². The number of halogens is 1. The number of hydrogen-bond acceptors (Lipinski definition) is 8. The number of anilines is 1. The molecule has 7 nitrogen and oxygen atoms in total. The Balaban J connectivity index is 1.36. The van der Waals surface area contributed by atoms with Crippen LogP contribution in [0, 0.1) is 15.9 Å². The van der Waals surface area contributed by atoms with Crippen LogP contribution in [0.3, 0.4) is 0 Å². The Morgan fingerprint density at radius 1 is 1.23 bits per heavy atom. The SMILES string of the molecule is O=C(Cc1csc(SCc2ccccc2F)n1)Nc1nc2ccc([N+](=O)[O-])cc2s1. The highest BCUT2D eigenvalue weighted by Gasteiger charge is 2.14. The standard InChI is InChI=1S/C19H13FN4O3S3/c20-14-4-2-1-3-11(14)9-28-19-21-12(10-29-19)7-17(25)23-18-22-15-6-5-13(24(26)27)8-16(15)30-18/h1-6,8,10H,7,9H2,(H,22,23,25). The molecule has 30 heavy (non-hydrogen) atoms. The zero-order valence-electron chi connectivity index (χ0n) is 15.2. The van der Waals surface area contributed by atoms with Gasteiger partial charge in [0.05, 0.1) is 27.3 Å². The Kier molecular flexibility index (Phi) is 6.02. The van der Waals surface area contributed by atoms with Crippen LogP contribution in [0.5, 0.6) is 0 Å². The number of nitro groups is 1. The molecular weight excluding hydrogens is 447 g/mol. The molecule has 4 rings (SSSR count). The minimum absolute atomic E-state index is 0.0214. The van der Waals surface area contributed by atoms with Crippen LogP contribution in [-0.2, 0) is 17.0 Å². The minimum Gasteiger partial charge on any atom is -0.302 e. The van der Waals surface area contributed by atoms with E-state index >= 15 is 0 Å². The molecule has 0 aliphatic rings. The molecule has 0 saturated carbocycles. The summed E-state index contributed by atoms with van der Waals surface area (Å²) in [6.07, 6.45) is 0.0762. The number of nitrogens with zero attached hydrogens (tertiary/aromatic N) is 3. The van der Waals surface area contributed by atoms with Crippen LogP contribution < -0.4 is 5.32 Å². The van der Waals surface area contributed by atoms with E-state index in [2.05, 4.69) is 15.3 Å². The number of nitro benzene ring substituents is 1. The Labute approximate surface area is 182 Å². The third-order valence-electron chi connectivity index (χ3n) is 4.01. The fourth-order valence-electron chi connectivity index (χ4n) is 2.60. The molecule has 0 unspecified atom stereocenters. The van der Waals surface area contributed by atoms with Gasteiger partial charge in [-0.25, -0.2) is 14.4 Å². The lowest BCUT2D eigenvalue weighted by atomic mass is 10.2. The number of amides is 1. The predicted octanol–water partition coefficient (Wildman–Crippen LogP) is 5.27. The second kappa shape index (κ2) is 8.86. The van der Waals surface area contributed by atoms with E-state index in [0.717, 1.165) is 4.34 Å². The summed E-state index contributed by atoms with van der Waals surface area (Å²) < 4.78 is 15.1. The molecule has 0 spiro atoms. The number of hydrogen-bond donors (Lipinski definition) is 1. The van der Waals surface area contributed by atoms with Gasteiger partial charge >= 0.3 is 0 Å². The van der Waals surface area contributed by atoms with Crippen molar-refractivity contribution in [3.8, 4) is 0 Å². The Bertz CT molecular complexity index is 1240. The fraction of sp³-hybridized carbons (Fsp3) is 0.105. The molecule has 1 N–H and O–H groups in total. The van der Waals surface area contributed by atoms with E-state index in [1.165, 1.54) is 52.6 Å². The smallest absolute Gasteiger partial charge is 0.270 e. The Morgan fingerprint density at radius 3 is 2.87 bits per heavy atom. The largest absolute Gasteiger partial charge is 0.302 e. The maximum Gasteiger partial charge on any atom is 0.270 e. The molecule has 2 heterocycles. The molecule has 0 bridgehead atoms. The van der Waals surface area contributed by atoms with E-state index in [9.17, 15) is 19.3 Å². The van der Waals surface area contributed by atoms with Crippen molar-refractivity contribution in [3.63, 3.8) is 0 Å². The van der Waals surface area contributed by atoms with Crippen molar-refractivity contribution in [1.29, 1.82) is 0 Å². The van der Waals surface area contributed by atoms with Crippen molar-refractivity contribution in [2.45, 2.75) is 16.5 Å². The van der Waals surface area contributed by atoms with E-state index in [1.807, 2.05) is 0 Å². The topological polar surface area (TPSA) is 98.0 Å². The fourth-order valence-corrected chi connectivity index (χ4v) is 5.35. The van der Waals surface area contributed by atoms with E-state index in [1.54, 1.807) is 29.6 Å². The van der Waals surface area contributed by atoms with Crippen LogP contribution in [0.4, 0.5) is 15.2 Å². The third-order valence-corrected chi connectivity index (χ3v) is 7.06. The number of fused-ring (bicyclic) bond motifs is 1. The van der Waals surface area contributed by atoms with E-state index < -0.39 is 4.92 Å². The highest BCUT2D eigenvalue weighted by Crippen LogP contribution is 2.30. The van der Waals surface area contributed by atoms with Crippen LogP contribution in [0.25, 0.3) is 10.2 Å². The van der Waals surface area contributed by atoms with Crippen molar-refractivity contribution in [1.82, 2.24) is 9.97 Å². The monoisotopic (exact) mass is 460 g/mol. The molecule has 1 amide bonds. The Hall–Kier alpha value is -2.89. The average molecular weight is 461 g/mol. The number of carbonyl (C=O) groups is 1. The number of thioether (sulfide) groups is 1. The van der Waals surface area contributed by atoms with Gasteiger partial charge in [-0.3, -0.25) is 14.9 Å². The van der Waals surface area contributed by atoms with Gasteiger partial charge in [-0.2, -0.15) is 0 Å². The van der Waals surface area contributed by atoms with Crippen LogP contribution in [0.1, 0.15) is 11.3 Å². The number of thiazole rings is 2. The number of rotatable bonds is 7. The first-order valence-electron chi connectivity index (χ1n) is 8.63. The van der Waals surface area contributed by atoms with Crippen molar-refractivity contribution >= 4 is 61.4 Å². The summed E-state index contributed by atoms with van der Waals surface area (Å²) in [5.41, 5.74) is 1.78. The summed E-state index contributed by atoms with van der Waals surface area (Å²) in [6.45, 7) is 0. The van der Waals surface area contributed by atoms with E-state index in [-0.39, 0.29) is 23.8 Å². The molecule has 2 aromatic carbocycles. The molecule has 4 aromatic rings. The number of benzene rings is 2. The Morgan fingerprint density at radius 2 is 2.07 bits per heavy atom. The van der Waals surface area contributed by atoms with E-state index in [0.29, 0.717) is 32.4 Å². The lowest BCUT2D eigenvalue weighted by Crippen LogP contribution is -2.14. The van der Waals surface area contributed by atoms with Gasteiger partial charge in [0.25, 0.3) is 5.69 Å². The van der Waals surface area contributed by atoms with Crippen LogP contribution in [0.15, 0.2) is 52.2 Å². The zero-order valence-corrected chi connectivity index (χ0v) is 17.7. The zero-order chi connectivity index (χ0) is 21.1. The summed E-state index contributed by atoms with van der Waals surface area (Å²) in [6, 6.07) is 11.0. The molecule has 152 valence electrons. The van der Waals surface area contributed by atoms with Gasteiger partial charge in [0, 0.05) is 23.3 Å². The molecule has 11 heteroatoms. The van der Waals surface area contributed by atoms with Gasteiger partial charge in [0.2, 0.25) is 5.91 Å². The van der Waals surface area contributed by atoms with E-state index in [4.69, 9.17) is 0 Å². The normalized spacial score (nSPS) is 11.0.